The topological polar surface area (TPSA) is 70.5 Å². The van der Waals surface area contributed by atoms with Crippen molar-refractivity contribution in [3.05, 3.63) is 165 Å². The average molecular weight is 729 g/mol. The number of ether oxygens (including phenoxy) is 2. The van der Waals surface area contributed by atoms with Gasteiger partial charge in [-0.1, -0.05) is 127 Å². The van der Waals surface area contributed by atoms with Crippen molar-refractivity contribution in [2.45, 2.75) is 98.3 Å². The second-order valence-electron chi connectivity index (χ2n) is 14.9. The Balaban J connectivity index is 1.49. The van der Waals surface area contributed by atoms with Gasteiger partial charge in [0.25, 0.3) is 0 Å². The standard InChI is InChI=1S/C51H56N2O2/c1-7-17-37-31-41(52)23-25-47(37)54-49-33(9-3)27-39(28-34(49)10-4)51(45-21-15-13-19-43(45)44-20-14-16-22-46(44)51)40-29-35(11-5)50(36(12-6)30-40)55-48-26-24-42(53)32-38(48)18-8-2/h13-16,19-32H,7-12,17-18,52-53H2,1-6H3. The molecular formula is C51H56N2O2. The molecule has 0 fully saturated rings. The van der Waals surface area contributed by atoms with Crippen molar-refractivity contribution >= 4 is 11.4 Å². The van der Waals surface area contributed by atoms with Crippen molar-refractivity contribution in [3.63, 3.8) is 0 Å². The summed E-state index contributed by atoms with van der Waals surface area (Å²) in [4.78, 5) is 0. The van der Waals surface area contributed by atoms with Gasteiger partial charge in [0.15, 0.2) is 0 Å². The van der Waals surface area contributed by atoms with Crippen LogP contribution in [-0.2, 0) is 43.9 Å². The second-order valence-corrected chi connectivity index (χ2v) is 14.9. The summed E-state index contributed by atoms with van der Waals surface area (Å²) in [6.45, 7) is 13.4. The van der Waals surface area contributed by atoms with Crippen molar-refractivity contribution in [1.29, 1.82) is 0 Å². The molecule has 0 unspecified atom stereocenters. The van der Waals surface area contributed by atoms with Crippen molar-refractivity contribution in [2.75, 3.05) is 11.5 Å². The van der Waals surface area contributed by atoms with E-state index in [1.54, 1.807) is 0 Å². The molecule has 4 heteroatoms. The SMILES string of the molecule is CCCc1cc(N)ccc1Oc1c(CC)cc(C2(c3cc(CC)c(Oc4ccc(N)cc4CCC)c(CC)c3)c3ccccc3-c3ccccc32)cc1CC. The number of anilines is 2. The molecule has 6 aromatic rings. The highest BCUT2D eigenvalue weighted by molar-refractivity contribution is 5.86. The van der Waals surface area contributed by atoms with Gasteiger partial charge in [-0.3, -0.25) is 0 Å². The molecule has 0 bridgehead atoms. The lowest BCUT2D eigenvalue weighted by atomic mass is 9.66. The zero-order chi connectivity index (χ0) is 38.7. The lowest BCUT2D eigenvalue weighted by molar-refractivity contribution is 0.463. The summed E-state index contributed by atoms with van der Waals surface area (Å²) >= 11 is 0. The molecule has 0 aliphatic heterocycles. The fraction of sp³-hybridized carbons (Fsp3) is 0.294. The Morgan fingerprint density at radius 1 is 0.436 bits per heavy atom. The minimum absolute atomic E-state index is 0.560. The molecule has 6 aromatic carbocycles. The maximum absolute atomic E-state index is 6.96. The van der Waals surface area contributed by atoms with Gasteiger partial charge in [-0.05, 0) is 142 Å². The summed E-state index contributed by atoms with van der Waals surface area (Å²) in [5.74, 6) is 3.70. The average Bonchev–Trinajstić information content (AvgIpc) is 3.51. The summed E-state index contributed by atoms with van der Waals surface area (Å²) in [6, 6.07) is 39.8. The maximum atomic E-state index is 6.96. The molecule has 0 saturated carbocycles. The van der Waals surface area contributed by atoms with Gasteiger partial charge in [0.05, 0.1) is 5.41 Å². The molecule has 7 rings (SSSR count). The van der Waals surface area contributed by atoms with E-state index in [9.17, 15) is 0 Å². The lowest BCUT2D eigenvalue weighted by Gasteiger charge is -2.36. The molecule has 0 aromatic heterocycles. The largest absolute Gasteiger partial charge is 0.457 e. The molecule has 0 saturated heterocycles. The molecule has 0 spiro atoms. The monoisotopic (exact) mass is 728 g/mol. The third kappa shape index (κ3) is 6.77. The summed E-state index contributed by atoms with van der Waals surface area (Å²) in [5, 5.41) is 0. The molecule has 0 radical (unpaired) electrons. The van der Waals surface area contributed by atoms with Gasteiger partial charge in [0.1, 0.15) is 23.0 Å². The van der Waals surface area contributed by atoms with Crippen molar-refractivity contribution < 1.29 is 9.47 Å². The first-order valence-electron chi connectivity index (χ1n) is 20.4. The Kier molecular flexibility index (Phi) is 11.1. The van der Waals surface area contributed by atoms with Crippen LogP contribution in [0.2, 0.25) is 0 Å². The van der Waals surface area contributed by atoms with Crippen LogP contribution in [0.25, 0.3) is 11.1 Å². The van der Waals surface area contributed by atoms with E-state index >= 15 is 0 Å². The number of aryl methyl sites for hydroxylation is 6. The Hall–Kier alpha value is -5.48. The maximum Gasteiger partial charge on any atom is 0.133 e. The second kappa shape index (κ2) is 16.1. The number of hydrogen-bond acceptors (Lipinski definition) is 4. The minimum Gasteiger partial charge on any atom is -0.457 e. The van der Waals surface area contributed by atoms with Crippen molar-refractivity contribution in [2.24, 2.45) is 0 Å². The molecular weight excluding hydrogens is 673 g/mol. The van der Waals surface area contributed by atoms with E-state index in [2.05, 4.69) is 126 Å². The molecule has 1 aliphatic rings. The van der Waals surface area contributed by atoms with Gasteiger partial charge in [0.2, 0.25) is 0 Å². The number of nitrogens with two attached hydrogens (primary N) is 2. The summed E-state index contributed by atoms with van der Waals surface area (Å²) in [6.07, 6.45) is 7.20. The van der Waals surface area contributed by atoms with Gasteiger partial charge >= 0.3 is 0 Å². The van der Waals surface area contributed by atoms with Crippen LogP contribution in [0.5, 0.6) is 23.0 Å². The number of hydrogen-bond donors (Lipinski definition) is 2. The van der Waals surface area contributed by atoms with Gasteiger partial charge < -0.3 is 20.9 Å². The zero-order valence-corrected chi connectivity index (χ0v) is 33.5. The first-order valence-corrected chi connectivity index (χ1v) is 20.4. The van der Waals surface area contributed by atoms with Crippen LogP contribution in [0.3, 0.4) is 0 Å². The molecule has 0 amide bonds. The van der Waals surface area contributed by atoms with Gasteiger partial charge in [-0.25, -0.2) is 0 Å². The molecule has 1 aliphatic carbocycles. The van der Waals surface area contributed by atoms with E-state index in [0.29, 0.717) is 0 Å². The molecule has 55 heavy (non-hydrogen) atoms. The number of rotatable bonds is 14. The van der Waals surface area contributed by atoms with E-state index in [1.807, 2.05) is 24.3 Å². The smallest absolute Gasteiger partial charge is 0.133 e. The van der Waals surface area contributed by atoms with E-state index in [4.69, 9.17) is 20.9 Å². The van der Waals surface area contributed by atoms with Crippen LogP contribution in [-0.4, -0.2) is 0 Å². The van der Waals surface area contributed by atoms with E-state index < -0.39 is 5.41 Å². The first-order chi connectivity index (χ1) is 26.8. The lowest BCUT2D eigenvalue weighted by Crippen LogP contribution is -2.29. The quantitative estimate of drug-likeness (QED) is 0.109. The van der Waals surface area contributed by atoms with Crippen LogP contribution in [0, 0.1) is 0 Å². The number of fused-ring (bicyclic) bond motifs is 3. The van der Waals surface area contributed by atoms with Gasteiger partial charge in [-0.15, -0.1) is 0 Å². The normalized spacial score (nSPS) is 12.7. The van der Waals surface area contributed by atoms with Crippen LogP contribution in [0.4, 0.5) is 11.4 Å². The highest BCUT2D eigenvalue weighted by Gasteiger charge is 2.47. The summed E-state index contributed by atoms with van der Waals surface area (Å²) in [7, 11) is 0. The minimum atomic E-state index is -0.560. The molecule has 0 heterocycles. The van der Waals surface area contributed by atoms with Crippen LogP contribution >= 0.6 is 0 Å². The molecule has 0 atom stereocenters. The van der Waals surface area contributed by atoms with E-state index in [1.165, 1.54) is 55.6 Å². The Labute approximate surface area is 328 Å². The highest BCUT2D eigenvalue weighted by Crippen LogP contribution is 2.57. The van der Waals surface area contributed by atoms with Crippen molar-refractivity contribution in [3.8, 4) is 34.1 Å². The molecule has 282 valence electrons. The third-order valence-corrected chi connectivity index (χ3v) is 11.5. The first kappa shape index (κ1) is 37.8. The predicted octanol–water partition coefficient (Wildman–Crippen LogP) is 13.0. The third-order valence-electron chi connectivity index (χ3n) is 11.5. The Morgan fingerprint density at radius 2 is 0.800 bits per heavy atom. The molecule has 4 nitrogen and oxygen atoms in total. The number of benzene rings is 6. The van der Waals surface area contributed by atoms with Crippen LogP contribution < -0.4 is 20.9 Å². The van der Waals surface area contributed by atoms with Crippen LogP contribution in [0.15, 0.2) is 109 Å². The van der Waals surface area contributed by atoms with Gasteiger partial charge in [0, 0.05) is 11.4 Å². The predicted molar refractivity (Wildman–Crippen MR) is 231 cm³/mol. The Morgan fingerprint density at radius 3 is 1.15 bits per heavy atom. The fourth-order valence-electron chi connectivity index (χ4n) is 8.83. The Bertz CT molecular complexity index is 2120. The van der Waals surface area contributed by atoms with E-state index in [-0.39, 0.29) is 0 Å². The van der Waals surface area contributed by atoms with Crippen LogP contribution in [0.1, 0.15) is 110 Å². The highest BCUT2D eigenvalue weighted by atomic mass is 16.5. The number of nitrogen functional groups attached to an aromatic ring is 2. The summed E-state index contributed by atoms with van der Waals surface area (Å²) in [5.41, 5.74) is 28.3. The van der Waals surface area contributed by atoms with Gasteiger partial charge in [-0.2, -0.15) is 0 Å². The summed E-state index contributed by atoms with van der Waals surface area (Å²) < 4.78 is 13.9. The zero-order valence-electron chi connectivity index (χ0n) is 33.5. The fourth-order valence-corrected chi connectivity index (χ4v) is 8.83. The molecule has 4 N–H and O–H groups in total. The van der Waals surface area contributed by atoms with Crippen molar-refractivity contribution in [1.82, 2.24) is 0 Å². The van der Waals surface area contributed by atoms with E-state index in [0.717, 1.165) is 96.9 Å².